The smallest absolute Gasteiger partial charge is 0.506 e. The molecule has 1 aromatic heterocycles. The second-order valence-electron chi connectivity index (χ2n) is 8.36. The van der Waals surface area contributed by atoms with E-state index in [4.69, 9.17) is 16.3 Å². The van der Waals surface area contributed by atoms with Crippen molar-refractivity contribution in [3.05, 3.63) is 58.2 Å². The van der Waals surface area contributed by atoms with E-state index in [-0.39, 0.29) is 22.8 Å². The normalized spacial score (nSPS) is 12.1. The molecule has 0 saturated heterocycles. The average molecular weight is 484 g/mol. The molecule has 0 unspecified atom stereocenters. The van der Waals surface area contributed by atoms with Gasteiger partial charge in [-0.15, -0.1) is 13.2 Å². The third kappa shape index (κ3) is 5.60. The number of carbonyl (C=O) groups is 2. The molecule has 0 spiro atoms. The molecule has 10 heteroatoms. The average Bonchev–Trinajstić information content (AvgIpc) is 2.90. The van der Waals surface area contributed by atoms with Gasteiger partial charge in [0.25, 0.3) is 5.91 Å². The number of aromatic hydroxyl groups is 1. The Bertz CT molecular complexity index is 1220. The summed E-state index contributed by atoms with van der Waals surface area (Å²) in [6.07, 6.45) is -5.02. The largest absolute Gasteiger partial charge is 0.573 e. The second-order valence-corrected chi connectivity index (χ2v) is 8.77. The van der Waals surface area contributed by atoms with E-state index in [2.05, 4.69) is 4.74 Å². The number of hydrogen-bond donors (Lipinski definition) is 1. The Morgan fingerprint density at radius 3 is 2.24 bits per heavy atom. The molecule has 33 heavy (non-hydrogen) atoms. The Morgan fingerprint density at radius 2 is 1.70 bits per heavy atom. The number of phenols is 1. The zero-order valence-corrected chi connectivity index (χ0v) is 19.0. The van der Waals surface area contributed by atoms with Crippen LogP contribution in [0.5, 0.6) is 11.5 Å². The van der Waals surface area contributed by atoms with Gasteiger partial charge in [-0.1, -0.05) is 11.6 Å². The van der Waals surface area contributed by atoms with Crippen LogP contribution in [-0.4, -0.2) is 33.5 Å². The summed E-state index contributed by atoms with van der Waals surface area (Å²) in [5, 5.41) is 10.5. The highest BCUT2D eigenvalue weighted by atomic mass is 35.5. The van der Waals surface area contributed by atoms with Crippen molar-refractivity contribution in [1.82, 2.24) is 4.57 Å². The van der Waals surface area contributed by atoms with Crippen LogP contribution in [0.4, 0.5) is 13.2 Å². The highest BCUT2D eigenvalue weighted by Crippen LogP contribution is 2.35. The molecule has 0 radical (unpaired) electrons. The third-order valence-corrected chi connectivity index (χ3v) is 4.99. The lowest BCUT2D eigenvalue weighted by atomic mass is 10.1. The summed E-state index contributed by atoms with van der Waals surface area (Å²) >= 11 is 6.06. The molecule has 1 N–H and O–H groups in total. The van der Waals surface area contributed by atoms with Gasteiger partial charge in [0.1, 0.15) is 17.1 Å². The van der Waals surface area contributed by atoms with Crippen LogP contribution in [0.25, 0.3) is 10.9 Å². The molecule has 0 amide bonds. The molecular weight excluding hydrogens is 463 g/mol. The van der Waals surface area contributed by atoms with E-state index < -0.39 is 29.6 Å². The first kappa shape index (κ1) is 24.4. The van der Waals surface area contributed by atoms with Crippen molar-refractivity contribution in [2.45, 2.75) is 46.1 Å². The molecular formula is C23H21ClF3NO5. The number of carbonyl (C=O) groups excluding carboxylic acids is 2. The van der Waals surface area contributed by atoms with Gasteiger partial charge in [-0.3, -0.25) is 14.2 Å². The Balaban J connectivity index is 2.07. The van der Waals surface area contributed by atoms with E-state index in [0.29, 0.717) is 22.2 Å². The number of hydrogen-bond acceptors (Lipinski definition) is 5. The Morgan fingerprint density at radius 1 is 1.09 bits per heavy atom. The molecule has 0 bridgehead atoms. The topological polar surface area (TPSA) is 77.8 Å². The minimum Gasteiger partial charge on any atom is -0.506 e. The van der Waals surface area contributed by atoms with Gasteiger partial charge in [0, 0.05) is 16.6 Å². The number of alkyl halides is 3. The van der Waals surface area contributed by atoms with Crippen LogP contribution in [0, 0.1) is 6.92 Å². The molecule has 1 heterocycles. The molecule has 0 aliphatic carbocycles. The van der Waals surface area contributed by atoms with Crippen LogP contribution in [0.3, 0.4) is 0 Å². The molecule has 0 aliphatic rings. The first-order valence-electron chi connectivity index (χ1n) is 9.81. The van der Waals surface area contributed by atoms with Crippen molar-refractivity contribution in [3.63, 3.8) is 0 Å². The molecule has 6 nitrogen and oxygen atoms in total. The number of ether oxygens (including phenoxy) is 2. The zero-order valence-electron chi connectivity index (χ0n) is 18.2. The number of rotatable bonds is 4. The van der Waals surface area contributed by atoms with E-state index >= 15 is 0 Å². The Hall–Kier alpha value is -3.20. The lowest BCUT2D eigenvalue weighted by molar-refractivity contribution is -0.274. The minimum absolute atomic E-state index is 0.00760. The molecule has 3 aromatic rings. The summed E-state index contributed by atoms with van der Waals surface area (Å²) in [7, 11) is 0. The number of phenolic OH excluding ortho intramolecular Hbond substituents is 1. The van der Waals surface area contributed by atoms with Gasteiger partial charge >= 0.3 is 12.3 Å². The van der Waals surface area contributed by atoms with Crippen LogP contribution < -0.4 is 4.74 Å². The first-order chi connectivity index (χ1) is 15.2. The molecule has 2 aromatic carbocycles. The molecule has 0 atom stereocenters. The highest BCUT2D eigenvalue weighted by molar-refractivity contribution is 6.33. The Labute approximate surface area is 192 Å². The lowest BCUT2D eigenvalue weighted by Gasteiger charge is -2.19. The lowest BCUT2D eigenvalue weighted by Crippen LogP contribution is -2.25. The summed E-state index contributed by atoms with van der Waals surface area (Å²) in [5.74, 6) is -1.78. The number of halogens is 4. The summed E-state index contributed by atoms with van der Waals surface area (Å²) in [6.45, 7) is 6.79. The van der Waals surface area contributed by atoms with Crippen LogP contribution in [0.2, 0.25) is 5.02 Å². The van der Waals surface area contributed by atoms with Crippen LogP contribution >= 0.6 is 11.6 Å². The number of esters is 1. The van der Waals surface area contributed by atoms with Gasteiger partial charge < -0.3 is 14.6 Å². The highest BCUT2D eigenvalue weighted by Gasteiger charge is 2.31. The Kier molecular flexibility index (Phi) is 6.39. The predicted molar refractivity (Wildman–Crippen MR) is 116 cm³/mol. The second kappa shape index (κ2) is 8.62. The summed E-state index contributed by atoms with van der Waals surface area (Å²) < 4.78 is 47.7. The summed E-state index contributed by atoms with van der Waals surface area (Å²) in [6, 6.07) is 7.20. The number of benzene rings is 2. The van der Waals surface area contributed by atoms with Crippen molar-refractivity contribution in [2.75, 3.05) is 0 Å². The van der Waals surface area contributed by atoms with Crippen LogP contribution in [0.1, 0.15) is 42.4 Å². The fourth-order valence-corrected chi connectivity index (χ4v) is 3.58. The maximum Gasteiger partial charge on any atom is 0.573 e. The van der Waals surface area contributed by atoms with E-state index in [1.165, 1.54) is 28.8 Å². The maximum atomic E-state index is 13.3. The summed E-state index contributed by atoms with van der Waals surface area (Å²) in [4.78, 5) is 25.7. The molecule has 0 saturated carbocycles. The molecule has 3 rings (SSSR count). The standard InChI is InChI=1S/C23H21ClF3NO5/c1-12-15(10-20(30)33-22(2,3)4)16-9-19(29)17(24)11-18(16)28(12)21(31)13-5-7-14(8-6-13)32-23(25,26)27/h5-9,11,29H,10H2,1-4H3. The van der Waals surface area contributed by atoms with Gasteiger partial charge in [0.2, 0.25) is 0 Å². The van der Waals surface area contributed by atoms with E-state index in [1.54, 1.807) is 27.7 Å². The fourth-order valence-electron chi connectivity index (χ4n) is 3.42. The minimum atomic E-state index is -4.85. The third-order valence-electron chi connectivity index (χ3n) is 4.68. The molecule has 0 fully saturated rings. The number of fused-ring (bicyclic) bond motifs is 1. The SMILES string of the molecule is Cc1c(CC(=O)OC(C)(C)C)c2cc(O)c(Cl)cc2n1C(=O)c1ccc(OC(F)(F)F)cc1. The van der Waals surface area contributed by atoms with Gasteiger partial charge in [-0.25, -0.2) is 0 Å². The van der Waals surface area contributed by atoms with E-state index in [0.717, 1.165) is 12.1 Å². The summed E-state index contributed by atoms with van der Waals surface area (Å²) in [5.41, 5.74) is 0.548. The first-order valence-corrected chi connectivity index (χ1v) is 10.2. The van der Waals surface area contributed by atoms with Gasteiger partial charge in [0.05, 0.1) is 17.0 Å². The van der Waals surface area contributed by atoms with Crippen molar-refractivity contribution < 1.29 is 37.3 Å². The van der Waals surface area contributed by atoms with Crippen molar-refractivity contribution in [1.29, 1.82) is 0 Å². The number of aromatic nitrogens is 1. The van der Waals surface area contributed by atoms with Crippen LogP contribution in [0.15, 0.2) is 36.4 Å². The van der Waals surface area contributed by atoms with Crippen molar-refractivity contribution >= 4 is 34.4 Å². The van der Waals surface area contributed by atoms with Gasteiger partial charge in [0.15, 0.2) is 0 Å². The van der Waals surface area contributed by atoms with Gasteiger partial charge in [-0.2, -0.15) is 0 Å². The van der Waals surface area contributed by atoms with Crippen molar-refractivity contribution in [2.24, 2.45) is 0 Å². The van der Waals surface area contributed by atoms with E-state index in [1.807, 2.05) is 0 Å². The maximum absolute atomic E-state index is 13.3. The fraction of sp³-hybridized carbons (Fsp3) is 0.304. The number of nitrogens with zero attached hydrogens (tertiary/aromatic N) is 1. The monoisotopic (exact) mass is 483 g/mol. The molecule has 0 aliphatic heterocycles. The predicted octanol–water partition coefficient (Wildman–Crippen LogP) is 5.78. The zero-order chi connectivity index (χ0) is 24.7. The van der Waals surface area contributed by atoms with Gasteiger partial charge in [-0.05, 0) is 69.7 Å². The van der Waals surface area contributed by atoms with Crippen LogP contribution in [-0.2, 0) is 16.0 Å². The quantitative estimate of drug-likeness (QED) is 0.476. The molecule has 176 valence electrons. The van der Waals surface area contributed by atoms with Crippen molar-refractivity contribution in [3.8, 4) is 11.5 Å². The van der Waals surface area contributed by atoms with E-state index in [9.17, 15) is 27.9 Å².